The zero-order chi connectivity index (χ0) is 19.4. The van der Waals surface area contributed by atoms with E-state index in [1.807, 2.05) is 32.0 Å². The van der Waals surface area contributed by atoms with Crippen LogP contribution in [0.2, 0.25) is 0 Å². The van der Waals surface area contributed by atoms with Crippen molar-refractivity contribution in [2.75, 3.05) is 0 Å². The van der Waals surface area contributed by atoms with Crippen molar-refractivity contribution in [3.8, 4) is 11.5 Å². The maximum atomic E-state index is 11.0. The summed E-state index contributed by atoms with van der Waals surface area (Å²) in [6.45, 7) is 6.13. The molecule has 2 N–H and O–H groups in total. The molecule has 1 heterocycles. The minimum Gasteiger partial charge on any atom is -0.481 e. The first kappa shape index (κ1) is 19.0. The minimum absolute atomic E-state index is 0.0262. The van der Waals surface area contributed by atoms with Crippen LogP contribution in [-0.4, -0.2) is 16.1 Å². The Hall–Kier alpha value is -2.75. The Morgan fingerprint density at radius 3 is 2.52 bits per heavy atom. The van der Waals surface area contributed by atoms with Crippen LogP contribution in [-0.2, 0) is 17.6 Å². The van der Waals surface area contributed by atoms with Crippen molar-refractivity contribution in [2.24, 2.45) is 0 Å². The predicted molar refractivity (Wildman–Crippen MR) is 109 cm³/mol. The summed E-state index contributed by atoms with van der Waals surface area (Å²) in [4.78, 5) is 14.3. The van der Waals surface area contributed by atoms with E-state index in [0.29, 0.717) is 0 Å². The highest BCUT2D eigenvalue weighted by Crippen LogP contribution is 2.32. The SMILES string of the molecule is CCCCCc1c[nH]c2ccc(Oc3c(C)cc(CC(=O)O)cc3C)cc12. The van der Waals surface area contributed by atoms with Gasteiger partial charge in [-0.2, -0.15) is 0 Å². The number of aliphatic carboxylic acids is 1. The lowest BCUT2D eigenvalue weighted by molar-refractivity contribution is -0.136. The second kappa shape index (κ2) is 8.30. The van der Waals surface area contributed by atoms with Crippen LogP contribution in [0.1, 0.15) is 48.4 Å². The number of nitrogens with one attached hydrogen (secondary N) is 1. The molecule has 0 radical (unpaired) electrons. The van der Waals surface area contributed by atoms with Crippen LogP contribution in [0, 0.1) is 13.8 Å². The summed E-state index contributed by atoms with van der Waals surface area (Å²) < 4.78 is 6.20. The summed E-state index contributed by atoms with van der Waals surface area (Å²) in [5.41, 5.74) is 5.14. The molecule has 27 heavy (non-hydrogen) atoms. The zero-order valence-electron chi connectivity index (χ0n) is 16.3. The first-order chi connectivity index (χ1) is 13.0. The summed E-state index contributed by atoms with van der Waals surface area (Å²) in [6.07, 6.45) is 6.84. The smallest absolute Gasteiger partial charge is 0.307 e. The number of fused-ring (bicyclic) bond motifs is 1. The van der Waals surface area contributed by atoms with Crippen LogP contribution in [0.15, 0.2) is 36.5 Å². The molecule has 4 heteroatoms. The Labute approximate surface area is 160 Å². The van der Waals surface area contributed by atoms with E-state index in [1.54, 1.807) is 0 Å². The van der Waals surface area contributed by atoms with Gasteiger partial charge in [-0.3, -0.25) is 4.79 Å². The number of hydrogen-bond donors (Lipinski definition) is 2. The second-order valence-corrected chi connectivity index (χ2v) is 7.21. The summed E-state index contributed by atoms with van der Waals surface area (Å²) in [6, 6.07) is 9.90. The number of ether oxygens (including phenoxy) is 1. The highest BCUT2D eigenvalue weighted by molar-refractivity contribution is 5.84. The van der Waals surface area contributed by atoms with Gasteiger partial charge < -0.3 is 14.8 Å². The molecule has 0 amide bonds. The van der Waals surface area contributed by atoms with Crippen molar-refractivity contribution in [3.63, 3.8) is 0 Å². The monoisotopic (exact) mass is 365 g/mol. The van der Waals surface area contributed by atoms with Crippen LogP contribution in [0.25, 0.3) is 10.9 Å². The molecule has 142 valence electrons. The molecule has 3 aromatic rings. The van der Waals surface area contributed by atoms with Gasteiger partial charge in [-0.1, -0.05) is 31.9 Å². The van der Waals surface area contributed by atoms with Gasteiger partial charge in [-0.25, -0.2) is 0 Å². The van der Waals surface area contributed by atoms with Gasteiger partial charge in [0.1, 0.15) is 11.5 Å². The number of H-pyrrole nitrogens is 1. The fourth-order valence-corrected chi connectivity index (χ4v) is 3.59. The summed E-state index contributed by atoms with van der Waals surface area (Å²) in [5.74, 6) is 0.776. The average Bonchev–Trinajstić information content (AvgIpc) is 3.00. The number of carbonyl (C=O) groups is 1. The number of benzene rings is 2. The topological polar surface area (TPSA) is 62.3 Å². The van der Waals surface area contributed by atoms with Crippen LogP contribution in [0.5, 0.6) is 11.5 Å². The number of rotatable bonds is 8. The highest BCUT2D eigenvalue weighted by atomic mass is 16.5. The molecule has 3 rings (SSSR count). The number of aromatic amines is 1. The maximum Gasteiger partial charge on any atom is 0.307 e. The lowest BCUT2D eigenvalue weighted by atomic mass is 10.0. The number of aromatic nitrogens is 1. The van der Waals surface area contributed by atoms with Crippen molar-refractivity contribution in [3.05, 3.63) is 58.8 Å². The predicted octanol–water partition coefficient (Wildman–Crippen LogP) is 5.94. The minimum atomic E-state index is -0.823. The molecule has 0 saturated carbocycles. The van der Waals surface area contributed by atoms with E-state index in [0.717, 1.165) is 40.1 Å². The number of carboxylic acid groups (broad SMARTS) is 1. The molecule has 0 aliphatic carbocycles. The molecule has 0 aliphatic rings. The third-order valence-electron chi connectivity index (χ3n) is 4.88. The third-order valence-corrected chi connectivity index (χ3v) is 4.88. The Balaban J connectivity index is 1.86. The fourth-order valence-electron chi connectivity index (χ4n) is 3.59. The standard InChI is InChI=1S/C23H27NO3/c1-4-5-6-7-18-14-24-21-9-8-19(13-20(18)21)27-23-15(2)10-17(11-16(23)3)12-22(25)26/h8-11,13-14,24H,4-7,12H2,1-3H3,(H,25,26). The molecule has 0 atom stereocenters. The van der Waals surface area contributed by atoms with Gasteiger partial charge in [0.05, 0.1) is 6.42 Å². The van der Waals surface area contributed by atoms with E-state index in [4.69, 9.17) is 9.84 Å². The van der Waals surface area contributed by atoms with Gasteiger partial charge in [0, 0.05) is 17.1 Å². The number of aryl methyl sites for hydroxylation is 3. The summed E-state index contributed by atoms with van der Waals surface area (Å²) >= 11 is 0. The van der Waals surface area contributed by atoms with Crippen molar-refractivity contribution in [2.45, 2.75) is 52.9 Å². The quantitative estimate of drug-likeness (QED) is 0.486. The first-order valence-corrected chi connectivity index (χ1v) is 9.57. The summed E-state index contributed by atoms with van der Waals surface area (Å²) in [7, 11) is 0. The van der Waals surface area contributed by atoms with E-state index in [-0.39, 0.29) is 6.42 Å². The van der Waals surface area contributed by atoms with Crippen molar-refractivity contribution < 1.29 is 14.6 Å². The highest BCUT2D eigenvalue weighted by Gasteiger charge is 2.11. The van der Waals surface area contributed by atoms with Crippen LogP contribution in [0.3, 0.4) is 0 Å². The molecule has 2 aromatic carbocycles. The Morgan fingerprint density at radius 1 is 1.11 bits per heavy atom. The maximum absolute atomic E-state index is 11.0. The number of hydrogen-bond acceptors (Lipinski definition) is 2. The van der Waals surface area contributed by atoms with Crippen molar-refractivity contribution in [1.82, 2.24) is 4.98 Å². The zero-order valence-corrected chi connectivity index (χ0v) is 16.3. The van der Waals surface area contributed by atoms with E-state index in [2.05, 4.69) is 30.2 Å². The van der Waals surface area contributed by atoms with Crippen LogP contribution >= 0.6 is 0 Å². The molecule has 1 aromatic heterocycles. The fraction of sp³-hybridized carbons (Fsp3) is 0.348. The average molecular weight is 365 g/mol. The second-order valence-electron chi connectivity index (χ2n) is 7.21. The Morgan fingerprint density at radius 2 is 1.85 bits per heavy atom. The van der Waals surface area contributed by atoms with E-state index in [1.165, 1.54) is 30.2 Å². The molecule has 4 nitrogen and oxygen atoms in total. The van der Waals surface area contributed by atoms with Gasteiger partial charge in [0.2, 0.25) is 0 Å². The molecule has 0 spiro atoms. The van der Waals surface area contributed by atoms with Gasteiger partial charge in [0.25, 0.3) is 0 Å². The molecular weight excluding hydrogens is 338 g/mol. The number of unbranched alkanes of at least 4 members (excludes halogenated alkanes) is 2. The normalized spacial score (nSPS) is 11.1. The van der Waals surface area contributed by atoms with E-state index < -0.39 is 5.97 Å². The van der Waals surface area contributed by atoms with Gasteiger partial charge >= 0.3 is 5.97 Å². The molecule has 0 aliphatic heterocycles. The van der Waals surface area contributed by atoms with Gasteiger partial charge in [0.15, 0.2) is 0 Å². The van der Waals surface area contributed by atoms with Gasteiger partial charge in [-0.15, -0.1) is 0 Å². The van der Waals surface area contributed by atoms with Gasteiger partial charge in [-0.05, 0) is 67.1 Å². The molecular formula is C23H27NO3. The molecule has 0 bridgehead atoms. The third kappa shape index (κ3) is 4.51. The molecule has 0 unspecified atom stereocenters. The first-order valence-electron chi connectivity index (χ1n) is 9.57. The summed E-state index contributed by atoms with van der Waals surface area (Å²) in [5, 5.41) is 10.2. The Kier molecular flexibility index (Phi) is 5.84. The van der Waals surface area contributed by atoms with Crippen LogP contribution in [0.4, 0.5) is 0 Å². The lowest BCUT2D eigenvalue weighted by Crippen LogP contribution is -2.02. The molecule has 0 saturated heterocycles. The Bertz CT molecular complexity index is 932. The van der Waals surface area contributed by atoms with E-state index >= 15 is 0 Å². The molecule has 0 fully saturated rings. The van der Waals surface area contributed by atoms with Crippen molar-refractivity contribution in [1.29, 1.82) is 0 Å². The van der Waals surface area contributed by atoms with Crippen LogP contribution < -0.4 is 4.74 Å². The number of carboxylic acids is 1. The lowest BCUT2D eigenvalue weighted by Gasteiger charge is -2.14. The van der Waals surface area contributed by atoms with Crippen molar-refractivity contribution >= 4 is 16.9 Å². The van der Waals surface area contributed by atoms with E-state index in [9.17, 15) is 4.79 Å². The largest absolute Gasteiger partial charge is 0.481 e.